The first kappa shape index (κ1) is 18.1. The Morgan fingerprint density at radius 1 is 1.12 bits per heavy atom. The zero-order valence-electron chi connectivity index (χ0n) is 15.1. The number of hydrogen-bond acceptors (Lipinski definition) is 2. The molecule has 2 aromatic rings. The lowest BCUT2D eigenvalue weighted by atomic mass is 10.0. The lowest BCUT2D eigenvalue weighted by Crippen LogP contribution is -2.28. The van der Waals surface area contributed by atoms with E-state index >= 15 is 0 Å². The van der Waals surface area contributed by atoms with Crippen molar-refractivity contribution in [2.75, 3.05) is 16.8 Å². The molecule has 0 unspecified atom stereocenters. The Kier molecular flexibility index (Phi) is 5.35. The molecule has 2 amide bonds. The van der Waals surface area contributed by atoms with Crippen LogP contribution in [0, 0.1) is 11.7 Å². The molecular formula is C21H23FN2O2. The maximum Gasteiger partial charge on any atom is 0.229 e. The van der Waals surface area contributed by atoms with Gasteiger partial charge in [-0.2, -0.15) is 0 Å². The van der Waals surface area contributed by atoms with Crippen molar-refractivity contribution >= 4 is 23.2 Å². The van der Waals surface area contributed by atoms with Crippen molar-refractivity contribution in [2.45, 2.75) is 33.1 Å². The summed E-state index contributed by atoms with van der Waals surface area (Å²) in [6.07, 6.45) is 1.82. The minimum Gasteiger partial charge on any atom is -0.325 e. The van der Waals surface area contributed by atoms with Gasteiger partial charge in [-0.05, 0) is 48.2 Å². The Hall–Kier alpha value is -2.69. The first-order valence-electron chi connectivity index (χ1n) is 9.01. The third-order valence-electron chi connectivity index (χ3n) is 4.88. The molecule has 2 aromatic carbocycles. The minimum atomic E-state index is -0.415. The van der Waals surface area contributed by atoms with Gasteiger partial charge in [-0.1, -0.05) is 32.0 Å². The number of carbonyl (C=O) groups is 2. The Balaban J connectivity index is 1.76. The van der Waals surface area contributed by atoms with Crippen molar-refractivity contribution in [1.82, 2.24) is 0 Å². The van der Waals surface area contributed by atoms with Gasteiger partial charge in [0.25, 0.3) is 0 Å². The number of anilines is 2. The highest BCUT2D eigenvalue weighted by Gasteiger charge is 2.35. The molecule has 0 radical (unpaired) electrons. The smallest absolute Gasteiger partial charge is 0.229 e. The van der Waals surface area contributed by atoms with Crippen molar-refractivity contribution in [3.63, 3.8) is 0 Å². The first-order valence-corrected chi connectivity index (χ1v) is 9.01. The molecule has 1 atom stereocenters. The van der Waals surface area contributed by atoms with E-state index in [0.717, 1.165) is 29.7 Å². The highest BCUT2D eigenvalue weighted by molar-refractivity contribution is 6.04. The highest BCUT2D eigenvalue weighted by atomic mass is 19.1. The molecule has 0 aliphatic carbocycles. The van der Waals surface area contributed by atoms with Gasteiger partial charge < -0.3 is 10.2 Å². The Morgan fingerprint density at radius 2 is 1.73 bits per heavy atom. The summed E-state index contributed by atoms with van der Waals surface area (Å²) in [7, 11) is 0. The zero-order chi connectivity index (χ0) is 18.7. The Labute approximate surface area is 153 Å². The molecule has 1 saturated heterocycles. The predicted molar refractivity (Wildman–Crippen MR) is 101 cm³/mol. The van der Waals surface area contributed by atoms with Crippen LogP contribution in [0.5, 0.6) is 0 Å². The molecule has 0 spiro atoms. The van der Waals surface area contributed by atoms with Crippen LogP contribution in [0.25, 0.3) is 0 Å². The van der Waals surface area contributed by atoms with Crippen LogP contribution in [-0.4, -0.2) is 18.4 Å². The van der Waals surface area contributed by atoms with Gasteiger partial charge in [0.15, 0.2) is 0 Å². The van der Waals surface area contributed by atoms with Crippen LogP contribution in [-0.2, 0) is 22.4 Å². The number of hydrogen-bond donors (Lipinski definition) is 1. The summed E-state index contributed by atoms with van der Waals surface area (Å²) in [6, 6.07) is 11.8. The monoisotopic (exact) mass is 354 g/mol. The zero-order valence-corrected chi connectivity index (χ0v) is 15.1. The number of nitrogens with one attached hydrogen (secondary N) is 1. The van der Waals surface area contributed by atoms with Crippen molar-refractivity contribution in [1.29, 1.82) is 0 Å². The van der Waals surface area contributed by atoms with E-state index in [4.69, 9.17) is 0 Å². The molecule has 5 heteroatoms. The molecule has 3 rings (SSSR count). The normalized spacial score (nSPS) is 16.8. The van der Waals surface area contributed by atoms with Gasteiger partial charge in [0, 0.05) is 24.3 Å². The summed E-state index contributed by atoms with van der Waals surface area (Å²) in [5, 5.41) is 3.05. The SMILES string of the molecule is CCc1cccc(CC)c1NC(=O)[C@@H]1CC(=O)N(c2ccc(F)cc2)C1. The largest absolute Gasteiger partial charge is 0.325 e. The second kappa shape index (κ2) is 7.68. The lowest BCUT2D eigenvalue weighted by molar-refractivity contribution is -0.122. The second-order valence-electron chi connectivity index (χ2n) is 6.53. The maximum absolute atomic E-state index is 13.1. The van der Waals surface area contributed by atoms with Crippen LogP contribution in [0.4, 0.5) is 15.8 Å². The molecule has 1 fully saturated rings. The Bertz CT molecular complexity index is 795. The summed E-state index contributed by atoms with van der Waals surface area (Å²) >= 11 is 0. The van der Waals surface area contributed by atoms with Crippen molar-refractivity contribution in [2.24, 2.45) is 5.92 Å². The number of halogens is 1. The van der Waals surface area contributed by atoms with Crippen LogP contribution in [0.15, 0.2) is 42.5 Å². The number of rotatable bonds is 5. The Morgan fingerprint density at radius 3 is 2.31 bits per heavy atom. The minimum absolute atomic E-state index is 0.115. The lowest BCUT2D eigenvalue weighted by Gasteiger charge is -2.18. The molecule has 136 valence electrons. The van der Waals surface area contributed by atoms with E-state index < -0.39 is 5.92 Å². The number of benzene rings is 2. The molecule has 0 bridgehead atoms. The molecule has 26 heavy (non-hydrogen) atoms. The standard InChI is InChI=1S/C21H23FN2O2/c1-3-14-6-5-7-15(4-2)20(14)23-21(26)16-12-19(25)24(13-16)18-10-8-17(22)9-11-18/h5-11,16H,3-4,12-13H2,1-2H3,(H,23,26)/t16-/m1/s1. The van der Waals surface area contributed by atoms with Gasteiger partial charge in [-0.3, -0.25) is 9.59 Å². The molecule has 4 nitrogen and oxygen atoms in total. The number of aryl methyl sites for hydroxylation is 2. The summed E-state index contributed by atoms with van der Waals surface area (Å²) in [5.41, 5.74) is 3.68. The summed E-state index contributed by atoms with van der Waals surface area (Å²) < 4.78 is 13.1. The van der Waals surface area contributed by atoms with E-state index in [-0.39, 0.29) is 24.1 Å². The second-order valence-corrected chi connectivity index (χ2v) is 6.53. The van der Waals surface area contributed by atoms with Crippen molar-refractivity contribution in [3.8, 4) is 0 Å². The fourth-order valence-electron chi connectivity index (χ4n) is 3.38. The number of carbonyl (C=O) groups excluding carboxylic acids is 2. The number of amides is 2. The average molecular weight is 354 g/mol. The van der Waals surface area contributed by atoms with Crippen LogP contribution >= 0.6 is 0 Å². The quantitative estimate of drug-likeness (QED) is 0.884. The van der Waals surface area contributed by atoms with Crippen molar-refractivity contribution < 1.29 is 14.0 Å². The van der Waals surface area contributed by atoms with Crippen LogP contribution in [0.1, 0.15) is 31.4 Å². The fourth-order valence-corrected chi connectivity index (χ4v) is 3.38. The number of nitrogens with zero attached hydrogens (tertiary/aromatic N) is 1. The highest BCUT2D eigenvalue weighted by Crippen LogP contribution is 2.28. The van der Waals surface area contributed by atoms with Gasteiger partial charge in [0.1, 0.15) is 5.82 Å². The van der Waals surface area contributed by atoms with Gasteiger partial charge in [-0.25, -0.2) is 4.39 Å². The van der Waals surface area contributed by atoms with Gasteiger partial charge in [0.2, 0.25) is 11.8 Å². The molecule has 1 aliphatic rings. The summed E-state index contributed by atoms with van der Waals surface area (Å²) in [4.78, 5) is 26.7. The molecule has 0 aromatic heterocycles. The first-order chi connectivity index (χ1) is 12.5. The third kappa shape index (κ3) is 3.62. The predicted octanol–water partition coefficient (Wildman–Crippen LogP) is 3.94. The van der Waals surface area contributed by atoms with Crippen LogP contribution in [0.2, 0.25) is 0 Å². The van der Waals surface area contributed by atoms with Gasteiger partial charge in [-0.15, -0.1) is 0 Å². The third-order valence-corrected chi connectivity index (χ3v) is 4.88. The molecular weight excluding hydrogens is 331 g/mol. The fraction of sp³-hybridized carbons (Fsp3) is 0.333. The molecule has 1 aliphatic heterocycles. The molecule has 0 saturated carbocycles. The van der Waals surface area contributed by atoms with E-state index in [9.17, 15) is 14.0 Å². The summed E-state index contributed by atoms with van der Waals surface area (Å²) in [5.74, 6) is -1.02. The van der Waals surface area contributed by atoms with Gasteiger partial charge in [0.05, 0.1) is 5.92 Å². The molecule has 1 heterocycles. The van der Waals surface area contributed by atoms with Crippen LogP contribution in [0.3, 0.4) is 0 Å². The number of para-hydroxylation sites is 1. The molecule has 1 N–H and O–H groups in total. The van der Waals surface area contributed by atoms with E-state index in [2.05, 4.69) is 19.2 Å². The van der Waals surface area contributed by atoms with E-state index in [1.54, 1.807) is 17.0 Å². The van der Waals surface area contributed by atoms with E-state index in [1.165, 1.54) is 12.1 Å². The van der Waals surface area contributed by atoms with E-state index in [0.29, 0.717) is 12.2 Å². The van der Waals surface area contributed by atoms with Crippen LogP contribution < -0.4 is 10.2 Å². The van der Waals surface area contributed by atoms with E-state index in [1.807, 2.05) is 18.2 Å². The van der Waals surface area contributed by atoms with Gasteiger partial charge >= 0.3 is 0 Å². The summed E-state index contributed by atoms with van der Waals surface area (Å²) in [6.45, 7) is 4.42. The topological polar surface area (TPSA) is 49.4 Å². The average Bonchev–Trinajstić information content (AvgIpc) is 3.04. The van der Waals surface area contributed by atoms with Crippen molar-refractivity contribution in [3.05, 3.63) is 59.4 Å². The maximum atomic E-state index is 13.1.